The molecule has 2 aliphatic heterocycles. The van der Waals surface area contributed by atoms with E-state index in [1.165, 1.54) is 16.3 Å². The van der Waals surface area contributed by atoms with E-state index in [1.807, 2.05) is 41.3 Å². The summed E-state index contributed by atoms with van der Waals surface area (Å²) in [6.07, 6.45) is 8.23. The van der Waals surface area contributed by atoms with Crippen LogP contribution in [-0.4, -0.2) is 19.3 Å². The molecule has 5 heteroatoms. The normalized spacial score (nSPS) is 13.5. The molecule has 8 rings (SSSR count). The van der Waals surface area contributed by atoms with Crippen molar-refractivity contribution in [3.63, 3.8) is 0 Å². The summed E-state index contributed by atoms with van der Waals surface area (Å²) < 4.78 is 10.5. The molecule has 2 aliphatic rings. The smallest absolute Gasteiger partial charge is 0.137 e. The molecule has 3 aromatic carbocycles. The number of aromatic nitrogens is 4. The van der Waals surface area contributed by atoms with Gasteiger partial charge in [0.15, 0.2) is 0 Å². The van der Waals surface area contributed by atoms with Crippen LogP contribution in [0.2, 0.25) is 0 Å². The Kier molecular flexibility index (Phi) is 4.65. The van der Waals surface area contributed by atoms with Gasteiger partial charge in [-0.3, -0.25) is 4.57 Å². The van der Waals surface area contributed by atoms with Crippen molar-refractivity contribution in [1.82, 2.24) is 19.3 Å². The van der Waals surface area contributed by atoms with E-state index in [1.54, 1.807) is 0 Å². The average Bonchev–Trinajstić information content (AvgIpc) is 3.49. The number of hydrogen-bond acceptors (Lipinski definition) is 3. The maximum absolute atomic E-state index is 6.34. The van der Waals surface area contributed by atoms with Gasteiger partial charge in [-0.15, -0.1) is 0 Å². The van der Waals surface area contributed by atoms with Crippen molar-refractivity contribution in [2.24, 2.45) is 0 Å². The van der Waals surface area contributed by atoms with Crippen LogP contribution < -0.4 is 4.74 Å². The largest absolute Gasteiger partial charge is 0.457 e. The lowest BCUT2D eigenvalue weighted by Gasteiger charge is -2.10. The summed E-state index contributed by atoms with van der Waals surface area (Å²) in [7, 11) is 0. The predicted molar refractivity (Wildman–Crippen MR) is 139 cm³/mol. The molecule has 0 atom stereocenters. The highest BCUT2D eigenvalue weighted by Crippen LogP contribution is 2.35. The van der Waals surface area contributed by atoms with Gasteiger partial charge in [0.25, 0.3) is 0 Å². The molecule has 170 valence electrons. The fourth-order valence-electron chi connectivity index (χ4n) is 5.06. The van der Waals surface area contributed by atoms with Gasteiger partial charge < -0.3 is 4.74 Å². The first-order valence-corrected chi connectivity index (χ1v) is 12.1. The van der Waals surface area contributed by atoms with Gasteiger partial charge in [-0.05, 0) is 73.7 Å². The molecule has 0 aliphatic carbocycles. The molecular weight excluding hydrogens is 432 g/mol. The lowest BCUT2D eigenvalue weighted by molar-refractivity contribution is 0.483. The Morgan fingerprint density at radius 3 is 2.54 bits per heavy atom. The van der Waals surface area contributed by atoms with E-state index in [-0.39, 0.29) is 0 Å². The molecule has 0 radical (unpaired) electrons. The lowest BCUT2D eigenvalue weighted by atomic mass is 10.1. The van der Waals surface area contributed by atoms with Crippen molar-refractivity contribution in [1.29, 1.82) is 0 Å². The minimum atomic E-state index is 0.780. The third-order valence-electron chi connectivity index (χ3n) is 6.79. The predicted octanol–water partition coefficient (Wildman–Crippen LogP) is 7.04. The third kappa shape index (κ3) is 3.56. The van der Waals surface area contributed by atoms with Crippen molar-refractivity contribution in [2.75, 3.05) is 0 Å². The Morgan fingerprint density at radius 1 is 0.714 bits per heavy atom. The number of ether oxygens (including phenoxy) is 1. The van der Waals surface area contributed by atoms with Gasteiger partial charge in [-0.2, -0.15) is 5.10 Å². The molecule has 6 aromatic rings. The first-order valence-electron chi connectivity index (χ1n) is 12.1. The van der Waals surface area contributed by atoms with Crippen LogP contribution in [0.3, 0.4) is 0 Å². The van der Waals surface area contributed by atoms with Crippen LogP contribution in [0.25, 0.3) is 33.3 Å². The Morgan fingerprint density at radius 2 is 1.60 bits per heavy atom. The summed E-state index contributed by atoms with van der Waals surface area (Å²) in [5.41, 5.74) is 5.58. The van der Waals surface area contributed by atoms with Gasteiger partial charge in [0.05, 0.1) is 22.4 Å². The van der Waals surface area contributed by atoms with Crippen LogP contribution in [0.15, 0.2) is 97.3 Å². The molecule has 0 fully saturated rings. The summed E-state index contributed by atoms with van der Waals surface area (Å²) in [4.78, 5) is 4.88. The minimum absolute atomic E-state index is 0.780. The topological polar surface area (TPSA) is 44.9 Å². The van der Waals surface area contributed by atoms with Crippen molar-refractivity contribution < 1.29 is 4.74 Å². The fraction of sp³-hybridized carbons (Fsp3) is 0.133. The third-order valence-corrected chi connectivity index (χ3v) is 6.79. The number of para-hydroxylation sites is 1. The second-order valence-electron chi connectivity index (χ2n) is 9.11. The van der Waals surface area contributed by atoms with Crippen LogP contribution in [0.5, 0.6) is 11.5 Å². The van der Waals surface area contributed by atoms with Crippen LogP contribution in [0.1, 0.15) is 24.1 Å². The molecule has 0 saturated heterocycles. The van der Waals surface area contributed by atoms with Gasteiger partial charge in [0.1, 0.15) is 17.3 Å². The Hall–Kier alpha value is -4.38. The molecule has 3 aromatic heterocycles. The molecule has 0 amide bonds. The molecule has 0 saturated carbocycles. The van der Waals surface area contributed by atoms with Crippen LogP contribution in [-0.2, 0) is 12.8 Å². The molecule has 8 bridgehead atoms. The average molecular weight is 457 g/mol. The zero-order valence-corrected chi connectivity index (χ0v) is 19.3. The first-order chi connectivity index (χ1) is 17.3. The van der Waals surface area contributed by atoms with E-state index in [0.717, 1.165) is 65.4 Å². The standard InChI is InChI=1S/C30H24N4O/c1-2-7-22-16-17-33(32-22)23-8-5-9-24(18-23)35-25-13-14-27-26-10-3-4-11-28(26)34(29(27)19-25)30-15-12-21(6-1)20-31-30/h3-5,8-20H,1-2,6-7H2. The van der Waals surface area contributed by atoms with E-state index < -0.39 is 0 Å². The van der Waals surface area contributed by atoms with Crippen LogP contribution >= 0.6 is 0 Å². The monoisotopic (exact) mass is 456 g/mol. The zero-order chi connectivity index (χ0) is 23.2. The minimum Gasteiger partial charge on any atom is -0.457 e. The summed E-state index contributed by atoms with van der Waals surface area (Å²) in [5.74, 6) is 2.48. The number of pyridine rings is 1. The quantitative estimate of drug-likeness (QED) is 0.246. The zero-order valence-electron chi connectivity index (χ0n) is 19.3. The second-order valence-corrected chi connectivity index (χ2v) is 9.11. The Balaban J connectivity index is 1.41. The van der Waals surface area contributed by atoms with Gasteiger partial charge >= 0.3 is 0 Å². The molecule has 5 heterocycles. The highest BCUT2D eigenvalue weighted by Gasteiger charge is 2.14. The molecule has 35 heavy (non-hydrogen) atoms. The van der Waals surface area contributed by atoms with E-state index in [0.29, 0.717) is 0 Å². The van der Waals surface area contributed by atoms with Crippen molar-refractivity contribution >= 4 is 21.8 Å². The summed E-state index contributed by atoms with van der Waals surface area (Å²) in [6.45, 7) is 0. The van der Waals surface area contributed by atoms with Gasteiger partial charge in [0.2, 0.25) is 0 Å². The lowest BCUT2D eigenvalue weighted by Crippen LogP contribution is -1.98. The summed E-state index contributed by atoms with van der Waals surface area (Å²) in [6, 6.07) is 29.3. The van der Waals surface area contributed by atoms with Crippen molar-refractivity contribution in [2.45, 2.75) is 25.7 Å². The Bertz CT molecular complexity index is 1680. The summed E-state index contributed by atoms with van der Waals surface area (Å²) >= 11 is 0. The molecule has 5 nitrogen and oxygen atoms in total. The highest BCUT2D eigenvalue weighted by atomic mass is 16.5. The molecule has 0 spiro atoms. The van der Waals surface area contributed by atoms with E-state index in [2.05, 4.69) is 65.2 Å². The van der Waals surface area contributed by atoms with Crippen molar-refractivity contribution in [3.8, 4) is 23.0 Å². The van der Waals surface area contributed by atoms with Gasteiger partial charge in [-0.25, -0.2) is 9.67 Å². The number of hydrogen-bond donors (Lipinski definition) is 0. The number of nitrogens with zero attached hydrogens (tertiary/aromatic N) is 4. The maximum Gasteiger partial charge on any atom is 0.137 e. The fourth-order valence-corrected chi connectivity index (χ4v) is 5.06. The van der Waals surface area contributed by atoms with E-state index in [4.69, 9.17) is 14.8 Å². The van der Waals surface area contributed by atoms with Gasteiger partial charge in [-0.1, -0.05) is 30.3 Å². The van der Waals surface area contributed by atoms with Crippen LogP contribution in [0.4, 0.5) is 0 Å². The SMILES string of the molecule is c1cc2cc(c1)-n1ccc(n1)CCCCc1ccc(nc1)-n1c3ccccc3c3ccc(cc31)O2. The molecular formula is C30H24N4O. The van der Waals surface area contributed by atoms with Crippen LogP contribution in [0, 0.1) is 0 Å². The van der Waals surface area contributed by atoms with E-state index in [9.17, 15) is 0 Å². The molecule has 0 N–H and O–H groups in total. The first kappa shape index (κ1) is 20.0. The maximum atomic E-state index is 6.34. The number of benzene rings is 3. The van der Waals surface area contributed by atoms with Gasteiger partial charge in [0, 0.05) is 35.3 Å². The number of aryl methyl sites for hydroxylation is 2. The molecule has 0 unspecified atom stereocenters. The number of fused-ring (bicyclic) bond motifs is 7. The van der Waals surface area contributed by atoms with E-state index >= 15 is 0 Å². The Labute approximate surface area is 203 Å². The van der Waals surface area contributed by atoms with Crippen molar-refractivity contribution in [3.05, 3.63) is 109 Å². The summed E-state index contributed by atoms with van der Waals surface area (Å²) in [5, 5.41) is 7.18. The highest BCUT2D eigenvalue weighted by molar-refractivity contribution is 6.09. The number of rotatable bonds is 0. The second kappa shape index (κ2) is 8.13.